The maximum Gasteiger partial charge on any atom is 0.0605 e. The molecule has 2 unspecified atom stereocenters. The van der Waals surface area contributed by atoms with Gasteiger partial charge in [-0.25, -0.2) is 0 Å². The summed E-state index contributed by atoms with van der Waals surface area (Å²) < 4.78 is 0. The molecule has 0 saturated carbocycles. The summed E-state index contributed by atoms with van der Waals surface area (Å²) in [5, 5.41) is 11.0. The van der Waals surface area contributed by atoms with Crippen molar-refractivity contribution < 1.29 is 0 Å². The molecule has 2 aliphatic rings. The number of unbranched alkanes of at least 4 members (excludes halogenated alkanes) is 1. The number of benzene rings is 1. The predicted octanol–water partition coefficient (Wildman–Crippen LogP) is 3.13. The van der Waals surface area contributed by atoms with Crippen LogP contribution in [0.4, 0.5) is 0 Å². The largest absolute Gasteiger partial charge is 0.315 e. The minimum Gasteiger partial charge on any atom is -0.315 e. The molecule has 1 aliphatic heterocycles. The highest BCUT2D eigenvalue weighted by Crippen LogP contribution is 2.27. The first kappa shape index (κ1) is 18.6. The highest BCUT2D eigenvalue weighted by molar-refractivity contribution is 5.30. The van der Waals surface area contributed by atoms with Gasteiger partial charge in [-0.1, -0.05) is 30.3 Å². The summed E-state index contributed by atoms with van der Waals surface area (Å²) in [5.41, 5.74) is 5.68. The SMILES string of the molecule is c1ccc2c(c1)CNC(CNCCCCNC1CCCc3cccnc31)C2. The van der Waals surface area contributed by atoms with Crippen molar-refractivity contribution in [3.8, 4) is 0 Å². The molecule has 0 amide bonds. The molecule has 4 rings (SSSR count). The van der Waals surface area contributed by atoms with Crippen molar-refractivity contribution in [2.24, 2.45) is 0 Å². The Hall–Kier alpha value is -1.75. The van der Waals surface area contributed by atoms with Gasteiger partial charge in [-0.15, -0.1) is 0 Å². The van der Waals surface area contributed by atoms with E-state index in [1.54, 1.807) is 0 Å². The Kier molecular flexibility index (Phi) is 6.51. The molecular weight excluding hydrogens is 332 g/mol. The number of fused-ring (bicyclic) bond motifs is 2. The van der Waals surface area contributed by atoms with Crippen molar-refractivity contribution in [3.63, 3.8) is 0 Å². The van der Waals surface area contributed by atoms with Gasteiger partial charge >= 0.3 is 0 Å². The fourth-order valence-electron chi connectivity index (χ4n) is 4.40. The van der Waals surface area contributed by atoms with Gasteiger partial charge in [-0.05, 0) is 74.4 Å². The van der Waals surface area contributed by atoms with E-state index in [1.807, 2.05) is 6.20 Å². The van der Waals surface area contributed by atoms with E-state index in [4.69, 9.17) is 0 Å². The Bertz CT molecular complexity index is 730. The van der Waals surface area contributed by atoms with Gasteiger partial charge in [0, 0.05) is 31.4 Å². The molecule has 1 aromatic heterocycles. The second-order valence-electron chi connectivity index (χ2n) is 7.91. The van der Waals surface area contributed by atoms with Crippen molar-refractivity contribution in [1.82, 2.24) is 20.9 Å². The Labute approximate surface area is 163 Å². The van der Waals surface area contributed by atoms with Gasteiger partial charge in [0.15, 0.2) is 0 Å². The quantitative estimate of drug-likeness (QED) is 0.630. The van der Waals surface area contributed by atoms with Crippen molar-refractivity contribution in [2.45, 2.75) is 57.2 Å². The lowest BCUT2D eigenvalue weighted by Gasteiger charge is -2.26. The van der Waals surface area contributed by atoms with E-state index in [1.165, 1.54) is 54.5 Å². The van der Waals surface area contributed by atoms with Crippen molar-refractivity contribution in [1.29, 1.82) is 0 Å². The van der Waals surface area contributed by atoms with Crippen LogP contribution in [0.15, 0.2) is 42.6 Å². The normalized spacial score (nSPS) is 21.5. The fraction of sp³-hybridized carbons (Fsp3) is 0.522. The number of hydrogen-bond donors (Lipinski definition) is 3. The number of pyridine rings is 1. The summed E-state index contributed by atoms with van der Waals surface area (Å²) in [6, 6.07) is 14.1. The number of nitrogens with one attached hydrogen (secondary N) is 3. The van der Waals surface area contributed by atoms with Crippen LogP contribution in [0.3, 0.4) is 0 Å². The van der Waals surface area contributed by atoms with Crippen LogP contribution in [0.2, 0.25) is 0 Å². The summed E-state index contributed by atoms with van der Waals surface area (Å²) in [7, 11) is 0. The van der Waals surface area contributed by atoms with Crippen LogP contribution in [-0.2, 0) is 19.4 Å². The maximum absolute atomic E-state index is 4.62. The second kappa shape index (κ2) is 9.45. The van der Waals surface area contributed by atoms with Crippen LogP contribution in [0.25, 0.3) is 0 Å². The van der Waals surface area contributed by atoms with E-state index in [0.29, 0.717) is 12.1 Å². The highest BCUT2D eigenvalue weighted by atomic mass is 15.0. The summed E-state index contributed by atoms with van der Waals surface area (Å²) in [5.74, 6) is 0. The molecule has 0 radical (unpaired) electrons. The topological polar surface area (TPSA) is 49.0 Å². The van der Waals surface area contributed by atoms with Crippen molar-refractivity contribution >= 4 is 0 Å². The Balaban J connectivity index is 1.10. The Morgan fingerprint density at radius 3 is 2.81 bits per heavy atom. The molecule has 144 valence electrons. The lowest BCUT2D eigenvalue weighted by atomic mass is 9.92. The molecule has 2 atom stereocenters. The smallest absolute Gasteiger partial charge is 0.0605 e. The van der Waals surface area contributed by atoms with E-state index in [-0.39, 0.29) is 0 Å². The highest BCUT2D eigenvalue weighted by Gasteiger charge is 2.20. The van der Waals surface area contributed by atoms with Crippen molar-refractivity contribution in [3.05, 3.63) is 65.0 Å². The zero-order chi connectivity index (χ0) is 18.3. The van der Waals surface area contributed by atoms with Crippen molar-refractivity contribution in [2.75, 3.05) is 19.6 Å². The summed E-state index contributed by atoms with van der Waals surface area (Å²) >= 11 is 0. The molecule has 4 nitrogen and oxygen atoms in total. The third-order valence-corrected chi connectivity index (χ3v) is 5.92. The van der Waals surface area contributed by atoms with Crippen LogP contribution in [0, 0.1) is 0 Å². The van der Waals surface area contributed by atoms with Gasteiger partial charge in [-0.3, -0.25) is 4.98 Å². The number of nitrogens with zero attached hydrogens (tertiary/aromatic N) is 1. The van der Waals surface area contributed by atoms with Crippen LogP contribution < -0.4 is 16.0 Å². The minimum atomic E-state index is 0.453. The summed E-state index contributed by atoms with van der Waals surface area (Å²) in [6.45, 7) is 4.24. The molecule has 0 fully saturated rings. The summed E-state index contributed by atoms with van der Waals surface area (Å²) in [4.78, 5) is 4.62. The first-order chi connectivity index (χ1) is 13.4. The molecule has 1 aromatic carbocycles. The number of aromatic nitrogens is 1. The molecule has 1 aliphatic carbocycles. The lowest BCUT2D eigenvalue weighted by molar-refractivity contribution is 0.428. The molecule has 0 bridgehead atoms. The van der Waals surface area contributed by atoms with E-state index < -0.39 is 0 Å². The third kappa shape index (κ3) is 4.95. The molecule has 27 heavy (non-hydrogen) atoms. The molecule has 2 heterocycles. The van der Waals surface area contributed by atoms with Crippen LogP contribution >= 0.6 is 0 Å². The van der Waals surface area contributed by atoms with E-state index in [9.17, 15) is 0 Å². The van der Waals surface area contributed by atoms with Gasteiger partial charge in [-0.2, -0.15) is 0 Å². The molecule has 0 saturated heterocycles. The van der Waals surface area contributed by atoms with Gasteiger partial charge in [0.2, 0.25) is 0 Å². The number of aryl methyl sites for hydroxylation is 1. The van der Waals surface area contributed by atoms with E-state index in [0.717, 1.165) is 32.6 Å². The molecule has 4 heteroatoms. The average Bonchev–Trinajstić information content (AvgIpc) is 2.73. The zero-order valence-corrected chi connectivity index (χ0v) is 16.2. The molecule has 0 spiro atoms. The average molecular weight is 365 g/mol. The van der Waals surface area contributed by atoms with Gasteiger partial charge in [0.25, 0.3) is 0 Å². The second-order valence-corrected chi connectivity index (χ2v) is 7.91. The zero-order valence-electron chi connectivity index (χ0n) is 16.2. The number of rotatable bonds is 8. The first-order valence-corrected chi connectivity index (χ1v) is 10.6. The van der Waals surface area contributed by atoms with Crippen LogP contribution in [0.1, 0.15) is 54.1 Å². The van der Waals surface area contributed by atoms with Gasteiger partial charge in [0.05, 0.1) is 5.69 Å². The third-order valence-electron chi connectivity index (χ3n) is 5.92. The standard InChI is InChI=1S/C23H32N4/c1-2-8-20-16-27-21(15-19(20)7-1)17-24-12-3-4-13-25-22-11-5-9-18-10-6-14-26-23(18)22/h1-2,6-8,10,14,21-22,24-25,27H,3-5,9,11-13,15-17H2. The predicted molar refractivity (Wildman–Crippen MR) is 111 cm³/mol. The Morgan fingerprint density at radius 2 is 1.85 bits per heavy atom. The van der Waals surface area contributed by atoms with E-state index >= 15 is 0 Å². The van der Waals surface area contributed by atoms with Gasteiger partial charge in [0.1, 0.15) is 0 Å². The molecule has 2 aromatic rings. The minimum absolute atomic E-state index is 0.453. The fourth-order valence-corrected chi connectivity index (χ4v) is 4.40. The summed E-state index contributed by atoms with van der Waals surface area (Å²) in [6.07, 6.45) is 9.18. The number of hydrogen-bond acceptors (Lipinski definition) is 4. The monoisotopic (exact) mass is 364 g/mol. The van der Waals surface area contributed by atoms with Crippen LogP contribution in [0.5, 0.6) is 0 Å². The Morgan fingerprint density at radius 1 is 1.00 bits per heavy atom. The molecular formula is C23H32N4. The lowest BCUT2D eigenvalue weighted by Crippen LogP contribution is -2.43. The maximum atomic E-state index is 4.62. The van der Waals surface area contributed by atoms with E-state index in [2.05, 4.69) is 57.3 Å². The first-order valence-electron chi connectivity index (χ1n) is 10.6. The molecule has 3 N–H and O–H groups in total. The van der Waals surface area contributed by atoms with Gasteiger partial charge < -0.3 is 16.0 Å². The van der Waals surface area contributed by atoms with Crippen LogP contribution in [-0.4, -0.2) is 30.7 Å².